The number of anilines is 8. The van der Waals surface area contributed by atoms with E-state index in [0.29, 0.717) is 127 Å². The first-order valence-corrected chi connectivity index (χ1v) is 38.4. The van der Waals surface area contributed by atoms with Gasteiger partial charge in [0, 0.05) is 147 Å². The Balaban J connectivity index is 0.000000136. The largest absolute Gasteiger partial charge is 0.456 e. The van der Waals surface area contributed by atoms with E-state index in [1.165, 1.54) is 36.4 Å². The van der Waals surface area contributed by atoms with Gasteiger partial charge in [0.1, 0.15) is 41.0 Å². The molecule has 32 heteroatoms. The second-order valence-electron chi connectivity index (χ2n) is 29.1. The summed E-state index contributed by atoms with van der Waals surface area (Å²) >= 11 is 0. The highest BCUT2D eigenvalue weighted by Crippen LogP contribution is 2.37. The third kappa shape index (κ3) is 20.1. The summed E-state index contributed by atoms with van der Waals surface area (Å²) in [6.07, 6.45) is 14.4. The summed E-state index contributed by atoms with van der Waals surface area (Å²) in [5, 5.41) is 11.2. The van der Waals surface area contributed by atoms with Crippen molar-refractivity contribution in [3.63, 3.8) is 0 Å². The van der Waals surface area contributed by atoms with Gasteiger partial charge in [-0.05, 0) is 177 Å². The number of ether oxygens (including phenoxy) is 1. The van der Waals surface area contributed by atoms with Gasteiger partial charge in [-0.15, -0.1) is 0 Å². The molecular formula is C86H89F3N24O5. The molecule has 12 aromatic rings. The highest BCUT2D eigenvalue weighted by molar-refractivity contribution is 5.95. The normalized spacial score (nSPS) is 14.6. The van der Waals surface area contributed by atoms with Crippen LogP contribution in [0, 0.1) is 56.0 Å². The summed E-state index contributed by atoms with van der Waals surface area (Å²) in [4.78, 5) is 109. The molecule has 4 saturated heterocycles. The van der Waals surface area contributed by atoms with Gasteiger partial charge in [-0.1, -0.05) is 45.0 Å². The number of aromatic nitrogens is 12. The minimum absolute atomic E-state index is 0.165. The average molecular weight is 1600 g/mol. The average Bonchev–Trinajstić information content (AvgIpc) is 0.793. The molecule has 3 unspecified atom stereocenters. The second-order valence-corrected chi connectivity index (χ2v) is 29.1. The number of nitrogens with one attached hydrogen (secondary N) is 4. The standard InChI is InChI=1S/C23H25FN6O.C22H24N6O.C21H21FN6O.C20H19FN6O2/c1-3-17(21-26-9-4-10-27-21)15-12-30(13-15)23(31)29-22-19(25)7-8-20(28-22)18-6-5-16(24)11-14(18)2;1-14-6-3-4-7-17(14)19-9-8-18(23)21(26-19)27-22(29)28-12-16(13-28)15(2)20-24-10-5-11-25-20;1-13(19-24-9-2-10-25-19)15-11-28(12-15)21(29)27-20-17(23)7-8-18(26-20)14-3-5-16(22)6-4-14;1-12-9-13(21)3-4-15(12)17-6-5-16(22)18(25-17)26-20(28)27-10-14(11-27)29-19-23-7-2-8-24-19/h4-11,15,17H,3,12-13,25H2,1-2H3,(H,28,29,31);3-11,15-16H,12-13,23H2,1-2H3,(H,26,27,29);2-10,13,15H,11-12,23H2,1H3,(H,26,27,29);2-9,14H,10-11,22H2,1H3,(H,25,26,28). The Kier molecular flexibility index (Phi) is 25.8. The SMILES string of the molecule is CC(c1ncccn1)C1CN(C(=O)Nc2nc(-c3ccc(F)cc3)ccc2N)C1.CCC(c1ncccn1)C1CN(C(=O)Nc2nc(-c3ccc(F)cc3C)ccc2N)C1.Cc1cc(F)ccc1-c1ccc(N)c(NC(=O)N2CC(Oc3ncccn3)C2)n1.Cc1ccccc1-c1ccc(N)c(NC(=O)N2CC(C(C)c3ncccn3)C2)n1. The zero-order valence-corrected chi connectivity index (χ0v) is 65.7. The molecule has 12 heterocycles. The molecule has 4 aliphatic heterocycles. The molecule has 8 aromatic heterocycles. The van der Waals surface area contributed by atoms with Crippen LogP contribution in [0.15, 0.2) is 207 Å². The molecule has 0 bridgehead atoms. The van der Waals surface area contributed by atoms with Crippen LogP contribution < -0.4 is 48.9 Å². The van der Waals surface area contributed by atoms with Gasteiger partial charge in [0.25, 0.3) is 0 Å². The number of likely N-dealkylation sites (tertiary alicyclic amines) is 4. The summed E-state index contributed by atoms with van der Waals surface area (Å²) < 4.78 is 45.5. The van der Waals surface area contributed by atoms with E-state index in [9.17, 15) is 32.3 Å². The molecule has 0 spiro atoms. The van der Waals surface area contributed by atoms with Crippen molar-refractivity contribution in [2.45, 2.75) is 71.8 Å². The Morgan fingerprint density at radius 2 is 0.720 bits per heavy atom. The Morgan fingerprint density at radius 1 is 0.390 bits per heavy atom. The van der Waals surface area contributed by atoms with Crippen molar-refractivity contribution < 1.29 is 37.1 Å². The molecule has 4 aromatic carbocycles. The number of carbonyl (C=O) groups is 4. The molecular weight excluding hydrogens is 1510 g/mol. The van der Waals surface area contributed by atoms with Crippen LogP contribution in [0.5, 0.6) is 6.01 Å². The smallest absolute Gasteiger partial charge is 0.323 e. The molecule has 118 heavy (non-hydrogen) atoms. The summed E-state index contributed by atoms with van der Waals surface area (Å²) in [7, 11) is 0. The van der Waals surface area contributed by atoms with Gasteiger partial charge in [-0.3, -0.25) is 21.3 Å². The molecule has 8 amide bonds. The van der Waals surface area contributed by atoms with Crippen molar-refractivity contribution in [2.75, 3.05) is 96.6 Å². The van der Waals surface area contributed by atoms with Gasteiger partial charge in [-0.2, -0.15) is 0 Å². The number of nitrogen functional groups attached to an aromatic ring is 4. The Morgan fingerprint density at radius 3 is 1.10 bits per heavy atom. The van der Waals surface area contributed by atoms with E-state index < -0.39 is 0 Å². The maximum atomic E-state index is 13.4. The van der Waals surface area contributed by atoms with Crippen molar-refractivity contribution in [1.82, 2.24) is 79.4 Å². The number of halogens is 3. The molecule has 0 radical (unpaired) electrons. The van der Waals surface area contributed by atoms with E-state index in [1.807, 2.05) is 44.2 Å². The zero-order chi connectivity index (χ0) is 83.1. The van der Waals surface area contributed by atoms with E-state index in [1.54, 1.807) is 167 Å². The van der Waals surface area contributed by atoms with Crippen LogP contribution in [0.2, 0.25) is 0 Å². The van der Waals surface area contributed by atoms with E-state index in [-0.39, 0.29) is 77.3 Å². The summed E-state index contributed by atoms with van der Waals surface area (Å²) in [5.41, 5.74) is 34.1. The van der Waals surface area contributed by atoms with Gasteiger partial charge >= 0.3 is 30.1 Å². The number of hydrogen-bond donors (Lipinski definition) is 8. The Labute approximate surface area is 679 Å². The molecule has 16 rings (SSSR count). The van der Waals surface area contributed by atoms with Crippen LogP contribution in [-0.4, -0.2) is 162 Å². The minimum Gasteiger partial charge on any atom is -0.456 e. The van der Waals surface area contributed by atoms with Crippen molar-refractivity contribution in [3.05, 3.63) is 259 Å². The molecule has 4 aliphatic rings. The van der Waals surface area contributed by atoms with Crippen molar-refractivity contribution in [2.24, 2.45) is 17.8 Å². The van der Waals surface area contributed by atoms with Crippen LogP contribution >= 0.6 is 0 Å². The molecule has 0 saturated carbocycles. The third-order valence-corrected chi connectivity index (χ3v) is 21.0. The van der Waals surface area contributed by atoms with Gasteiger partial charge in [0.15, 0.2) is 23.3 Å². The monoisotopic (exact) mass is 1590 g/mol. The quantitative estimate of drug-likeness (QED) is 0.0420. The predicted molar refractivity (Wildman–Crippen MR) is 446 cm³/mol. The number of urea groups is 4. The minimum atomic E-state index is -0.328. The lowest BCUT2D eigenvalue weighted by molar-refractivity contribution is 0.0425. The number of aryl methyl sites for hydroxylation is 3. The van der Waals surface area contributed by atoms with Crippen LogP contribution in [0.1, 0.15) is 79.1 Å². The van der Waals surface area contributed by atoms with Crippen LogP contribution in [0.3, 0.4) is 0 Å². The number of pyridine rings is 4. The number of benzene rings is 4. The summed E-state index contributed by atoms with van der Waals surface area (Å²) in [6.45, 7) is 16.5. The summed E-state index contributed by atoms with van der Waals surface area (Å²) in [5.74, 6) is 4.28. The van der Waals surface area contributed by atoms with Crippen molar-refractivity contribution in [3.8, 4) is 51.0 Å². The fourth-order valence-electron chi connectivity index (χ4n) is 13.8. The zero-order valence-electron chi connectivity index (χ0n) is 65.7. The molecule has 0 aliphatic carbocycles. The van der Waals surface area contributed by atoms with E-state index in [4.69, 9.17) is 27.7 Å². The Hall–Kier alpha value is -14.3. The first-order valence-electron chi connectivity index (χ1n) is 38.4. The lowest BCUT2D eigenvalue weighted by atomic mass is 9.83. The maximum absolute atomic E-state index is 13.4. The van der Waals surface area contributed by atoms with Gasteiger partial charge in [-0.25, -0.2) is 92.2 Å². The van der Waals surface area contributed by atoms with E-state index in [0.717, 1.165) is 68.5 Å². The first-order chi connectivity index (χ1) is 57.0. The first kappa shape index (κ1) is 81.7. The third-order valence-electron chi connectivity index (χ3n) is 21.0. The van der Waals surface area contributed by atoms with E-state index >= 15 is 0 Å². The molecule has 12 N–H and O–H groups in total. The number of carbonyl (C=O) groups excluding carboxylic acids is 4. The molecule has 604 valence electrons. The van der Waals surface area contributed by atoms with Gasteiger partial charge in [0.2, 0.25) is 0 Å². The highest BCUT2D eigenvalue weighted by atomic mass is 19.1. The fourth-order valence-corrected chi connectivity index (χ4v) is 13.8. The van der Waals surface area contributed by atoms with Crippen LogP contribution in [0.25, 0.3) is 45.0 Å². The number of hydrogen-bond acceptors (Lipinski definition) is 21. The number of amides is 8. The molecule has 4 fully saturated rings. The number of rotatable bonds is 17. The predicted octanol–water partition coefficient (Wildman–Crippen LogP) is 14.3. The highest BCUT2D eigenvalue weighted by Gasteiger charge is 2.40. The summed E-state index contributed by atoms with van der Waals surface area (Å²) in [6, 6.07) is 43.2. The molecule has 3 atom stereocenters. The fraction of sp³-hybridized carbons (Fsp3) is 0.256. The van der Waals surface area contributed by atoms with Crippen molar-refractivity contribution >= 4 is 70.1 Å². The Bertz CT molecular complexity index is 5500. The van der Waals surface area contributed by atoms with Crippen molar-refractivity contribution in [1.29, 1.82) is 0 Å². The van der Waals surface area contributed by atoms with E-state index in [2.05, 4.69) is 102 Å². The second kappa shape index (κ2) is 37.3. The molecule has 29 nitrogen and oxygen atoms in total. The lowest BCUT2D eigenvalue weighted by Crippen LogP contribution is -2.57. The van der Waals surface area contributed by atoms with Gasteiger partial charge in [0.05, 0.1) is 58.6 Å². The number of nitrogens with zero attached hydrogens (tertiary/aromatic N) is 16. The van der Waals surface area contributed by atoms with Gasteiger partial charge < -0.3 is 47.3 Å². The topological polar surface area (TPSA) is 397 Å². The maximum Gasteiger partial charge on any atom is 0.323 e. The lowest BCUT2D eigenvalue weighted by Gasteiger charge is -2.42. The van der Waals surface area contributed by atoms with Crippen LogP contribution in [-0.2, 0) is 0 Å². The number of nitrogens with two attached hydrogens (primary N) is 4. The van der Waals surface area contributed by atoms with Crippen LogP contribution in [0.4, 0.5) is 78.4 Å².